The summed E-state index contributed by atoms with van der Waals surface area (Å²) in [4.78, 5) is 45.3. The normalized spacial score (nSPS) is 14.5. The van der Waals surface area contributed by atoms with Crippen molar-refractivity contribution in [2.24, 2.45) is 0 Å². The first-order valence-corrected chi connectivity index (χ1v) is 9.12. The number of benzene rings is 1. The molecule has 1 saturated heterocycles. The number of fused-ring (bicyclic) bond motifs is 1. The third kappa shape index (κ3) is 3.38. The molecule has 3 aromatic rings. The van der Waals surface area contributed by atoms with Gasteiger partial charge in [0.15, 0.2) is 0 Å². The Kier molecular flexibility index (Phi) is 4.65. The molecule has 0 unspecified atom stereocenters. The van der Waals surface area contributed by atoms with Crippen LogP contribution in [0.5, 0.6) is 0 Å². The van der Waals surface area contributed by atoms with E-state index in [4.69, 9.17) is 0 Å². The molecule has 7 nitrogen and oxygen atoms in total. The first-order valence-electron chi connectivity index (χ1n) is 9.12. The molecule has 7 heteroatoms. The molecule has 1 aliphatic heterocycles. The minimum Gasteiger partial charge on any atom is -0.335 e. The van der Waals surface area contributed by atoms with E-state index < -0.39 is 11.5 Å². The molecule has 0 saturated carbocycles. The summed E-state index contributed by atoms with van der Waals surface area (Å²) >= 11 is 0. The van der Waals surface area contributed by atoms with Gasteiger partial charge in [-0.25, -0.2) is 4.98 Å². The van der Waals surface area contributed by atoms with E-state index in [0.717, 1.165) is 5.56 Å². The second-order valence-corrected chi connectivity index (χ2v) is 6.93. The third-order valence-corrected chi connectivity index (χ3v) is 4.94. The smallest absolute Gasteiger partial charge is 0.270 e. The molecule has 4 rings (SSSR count). The zero-order valence-electron chi connectivity index (χ0n) is 15.5. The van der Waals surface area contributed by atoms with Crippen LogP contribution in [0, 0.1) is 6.92 Å². The number of nitrogens with zero attached hydrogens (tertiary/aromatic N) is 4. The van der Waals surface area contributed by atoms with Gasteiger partial charge in [-0.1, -0.05) is 35.9 Å². The van der Waals surface area contributed by atoms with Crippen LogP contribution in [-0.2, 0) is 11.3 Å². The lowest BCUT2D eigenvalue weighted by molar-refractivity contribution is -0.135. The summed E-state index contributed by atoms with van der Waals surface area (Å²) in [6.45, 7) is 3.31. The second-order valence-electron chi connectivity index (χ2n) is 6.93. The number of carbonyl (C=O) groups is 2. The van der Waals surface area contributed by atoms with Gasteiger partial charge in [-0.15, -0.1) is 0 Å². The Morgan fingerprint density at radius 1 is 1.07 bits per heavy atom. The van der Waals surface area contributed by atoms with Crippen LogP contribution in [0.3, 0.4) is 0 Å². The van der Waals surface area contributed by atoms with E-state index in [0.29, 0.717) is 25.3 Å². The number of hydrogen-bond acceptors (Lipinski definition) is 4. The Morgan fingerprint density at radius 3 is 2.61 bits per heavy atom. The first-order chi connectivity index (χ1) is 13.5. The number of piperazine rings is 1. The standard InChI is InChI=1S/C21H20N4O3/c1-15-5-7-16(8-6-15)13-23-10-11-24(14-19(23)26)20(27)17-12-22-18-4-2-3-9-25(18)21(17)28/h2-9,12H,10-11,13-14H2,1H3. The van der Waals surface area contributed by atoms with E-state index in [1.54, 1.807) is 29.3 Å². The predicted octanol–water partition coefficient (Wildman–Crippen LogP) is 1.49. The van der Waals surface area contributed by atoms with Gasteiger partial charge in [0.2, 0.25) is 5.91 Å². The molecule has 0 bridgehead atoms. The SMILES string of the molecule is Cc1ccc(CN2CCN(C(=O)c3cnc4ccccn4c3=O)CC2=O)cc1. The monoisotopic (exact) mass is 376 g/mol. The summed E-state index contributed by atoms with van der Waals surface area (Å²) in [5.74, 6) is -0.590. The fourth-order valence-corrected chi connectivity index (χ4v) is 3.31. The number of amides is 2. The van der Waals surface area contributed by atoms with Crippen LogP contribution in [0.1, 0.15) is 21.5 Å². The second kappa shape index (κ2) is 7.26. The molecular weight excluding hydrogens is 356 g/mol. The number of pyridine rings is 1. The fraction of sp³-hybridized carbons (Fsp3) is 0.238. The summed E-state index contributed by atoms with van der Waals surface area (Å²) in [7, 11) is 0. The van der Waals surface area contributed by atoms with Gasteiger partial charge in [-0.2, -0.15) is 0 Å². The largest absolute Gasteiger partial charge is 0.335 e. The van der Waals surface area contributed by atoms with Crippen molar-refractivity contribution in [1.29, 1.82) is 0 Å². The van der Waals surface area contributed by atoms with Crippen LogP contribution >= 0.6 is 0 Å². The van der Waals surface area contributed by atoms with Gasteiger partial charge in [0.1, 0.15) is 17.8 Å². The van der Waals surface area contributed by atoms with Crippen molar-refractivity contribution in [3.63, 3.8) is 0 Å². The van der Waals surface area contributed by atoms with Crippen LogP contribution < -0.4 is 5.56 Å². The predicted molar refractivity (Wildman–Crippen MR) is 104 cm³/mol. The lowest BCUT2D eigenvalue weighted by Crippen LogP contribution is -2.52. The molecule has 2 aromatic heterocycles. The van der Waals surface area contributed by atoms with Gasteiger partial charge in [0.05, 0.1) is 0 Å². The van der Waals surface area contributed by atoms with Crippen LogP contribution in [-0.4, -0.2) is 50.6 Å². The lowest BCUT2D eigenvalue weighted by Gasteiger charge is -2.34. The maximum Gasteiger partial charge on any atom is 0.270 e. The van der Waals surface area contributed by atoms with Gasteiger partial charge in [0, 0.05) is 32.0 Å². The van der Waals surface area contributed by atoms with Crippen molar-refractivity contribution in [3.05, 3.63) is 81.9 Å². The summed E-state index contributed by atoms with van der Waals surface area (Å²) < 4.78 is 1.34. The quantitative estimate of drug-likeness (QED) is 0.694. The van der Waals surface area contributed by atoms with Gasteiger partial charge in [-0.3, -0.25) is 18.8 Å². The molecule has 0 atom stereocenters. The lowest BCUT2D eigenvalue weighted by atomic mass is 10.1. The van der Waals surface area contributed by atoms with Crippen molar-refractivity contribution in [2.75, 3.05) is 19.6 Å². The first kappa shape index (κ1) is 17.9. The van der Waals surface area contributed by atoms with Crippen LogP contribution in [0.2, 0.25) is 0 Å². The number of hydrogen-bond donors (Lipinski definition) is 0. The molecular formula is C21H20N4O3. The van der Waals surface area contributed by atoms with Gasteiger partial charge in [-0.05, 0) is 24.6 Å². The molecule has 28 heavy (non-hydrogen) atoms. The zero-order valence-corrected chi connectivity index (χ0v) is 15.5. The molecule has 2 amide bonds. The Balaban J connectivity index is 1.49. The average Bonchev–Trinajstić information content (AvgIpc) is 2.71. The van der Waals surface area contributed by atoms with Crippen molar-refractivity contribution in [2.45, 2.75) is 13.5 Å². The highest BCUT2D eigenvalue weighted by Gasteiger charge is 2.29. The maximum atomic E-state index is 12.8. The van der Waals surface area contributed by atoms with Crippen molar-refractivity contribution in [3.8, 4) is 0 Å². The maximum absolute atomic E-state index is 12.8. The molecule has 0 radical (unpaired) electrons. The van der Waals surface area contributed by atoms with E-state index in [2.05, 4.69) is 4.98 Å². The van der Waals surface area contributed by atoms with Crippen LogP contribution in [0.4, 0.5) is 0 Å². The Labute approximate surface area is 161 Å². The molecule has 1 fully saturated rings. The number of aryl methyl sites for hydroxylation is 1. The third-order valence-electron chi connectivity index (χ3n) is 4.94. The van der Waals surface area contributed by atoms with Crippen molar-refractivity contribution < 1.29 is 9.59 Å². The van der Waals surface area contributed by atoms with Gasteiger partial charge in [0.25, 0.3) is 11.5 Å². The van der Waals surface area contributed by atoms with E-state index in [1.165, 1.54) is 21.1 Å². The van der Waals surface area contributed by atoms with Crippen LogP contribution in [0.25, 0.3) is 5.65 Å². The highest BCUT2D eigenvalue weighted by atomic mass is 16.2. The van der Waals surface area contributed by atoms with Gasteiger partial charge >= 0.3 is 0 Å². The highest BCUT2D eigenvalue weighted by Crippen LogP contribution is 2.12. The Morgan fingerprint density at radius 2 is 1.86 bits per heavy atom. The number of rotatable bonds is 3. The summed E-state index contributed by atoms with van der Waals surface area (Å²) in [5.41, 5.74) is 2.24. The van der Waals surface area contributed by atoms with Gasteiger partial charge < -0.3 is 9.80 Å². The molecule has 1 aromatic carbocycles. The average molecular weight is 376 g/mol. The summed E-state index contributed by atoms with van der Waals surface area (Å²) in [6, 6.07) is 13.2. The topological polar surface area (TPSA) is 75.0 Å². The molecule has 3 heterocycles. The highest BCUT2D eigenvalue weighted by molar-refractivity contribution is 5.96. The molecule has 0 spiro atoms. The fourth-order valence-electron chi connectivity index (χ4n) is 3.31. The molecule has 142 valence electrons. The van der Waals surface area contributed by atoms with E-state index in [1.807, 2.05) is 31.2 Å². The molecule has 1 aliphatic rings. The van der Waals surface area contributed by atoms with Crippen LogP contribution in [0.15, 0.2) is 59.7 Å². The number of carbonyl (C=O) groups excluding carboxylic acids is 2. The minimum atomic E-state index is -0.459. The number of aromatic nitrogens is 2. The summed E-state index contributed by atoms with van der Waals surface area (Å²) in [6.07, 6.45) is 2.87. The minimum absolute atomic E-state index is 0.0246. The van der Waals surface area contributed by atoms with E-state index in [-0.39, 0.29) is 18.0 Å². The Hall–Kier alpha value is -3.48. The summed E-state index contributed by atoms with van der Waals surface area (Å²) in [5, 5.41) is 0. The zero-order chi connectivity index (χ0) is 19.7. The Bertz CT molecular complexity index is 1100. The van der Waals surface area contributed by atoms with Crippen molar-refractivity contribution in [1.82, 2.24) is 19.2 Å². The molecule has 0 aliphatic carbocycles. The molecule has 0 N–H and O–H groups in total. The van der Waals surface area contributed by atoms with E-state index >= 15 is 0 Å². The van der Waals surface area contributed by atoms with E-state index in [9.17, 15) is 14.4 Å². The van der Waals surface area contributed by atoms with Crippen molar-refractivity contribution >= 4 is 17.5 Å².